The maximum Gasteiger partial charge on any atom is 0.274 e. The van der Waals surface area contributed by atoms with Gasteiger partial charge in [-0.25, -0.2) is 4.98 Å². The molecule has 0 aliphatic carbocycles. The van der Waals surface area contributed by atoms with E-state index in [4.69, 9.17) is 23.2 Å². The Bertz CT molecular complexity index is 657. The summed E-state index contributed by atoms with van der Waals surface area (Å²) in [5.74, 6) is 0.201. The number of nitrogens with zero attached hydrogens (tertiary/aromatic N) is 1. The molecule has 0 fully saturated rings. The van der Waals surface area contributed by atoms with Crippen molar-refractivity contribution in [1.29, 1.82) is 0 Å². The predicted octanol–water partition coefficient (Wildman–Crippen LogP) is 4.71. The summed E-state index contributed by atoms with van der Waals surface area (Å²) < 4.78 is 0. The Morgan fingerprint density at radius 1 is 1.23 bits per heavy atom. The molecule has 22 heavy (non-hydrogen) atoms. The average molecular weight is 338 g/mol. The van der Waals surface area contributed by atoms with Crippen LogP contribution in [0.3, 0.4) is 0 Å². The predicted molar refractivity (Wildman–Crippen MR) is 92.0 cm³/mol. The van der Waals surface area contributed by atoms with Crippen LogP contribution >= 0.6 is 23.2 Å². The van der Waals surface area contributed by atoms with E-state index in [1.165, 1.54) is 0 Å². The number of hydrogen-bond donors (Lipinski definition) is 2. The third-order valence-corrected chi connectivity index (χ3v) is 3.73. The molecule has 0 radical (unpaired) electrons. The largest absolute Gasteiger partial charge is 0.384 e. The van der Waals surface area contributed by atoms with Crippen molar-refractivity contribution in [2.45, 2.75) is 13.8 Å². The van der Waals surface area contributed by atoms with Crippen molar-refractivity contribution in [2.24, 2.45) is 5.92 Å². The first kappa shape index (κ1) is 16.6. The van der Waals surface area contributed by atoms with Gasteiger partial charge in [-0.1, -0.05) is 43.1 Å². The minimum absolute atomic E-state index is 0.311. The first-order chi connectivity index (χ1) is 10.5. The normalized spacial score (nSPS) is 10.6. The van der Waals surface area contributed by atoms with E-state index in [1.807, 2.05) is 6.07 Å². The van der Waals surface area contributed by atoms with E-state index < -0.39 is 0 Å². The maximum atomic E-state index is 12.2. The van der Waals surface area contributed by atoms with Crippen LogP contribution < -0.4 is 10.6 Å². The van der Waals surface area contributed by atoms with Crippen molar-refractivity contribution in [3.05, 3.63) is 52.3 Å². The molecule has 0 unspecified atom stereocenters. The molecule has 1 aromatic carbocycles. The highest BCUT2D eigenvalue weighted by atomic mass is 35.5. The number of halogens is 2. The van der Waals surface area contributed by atoms with E-state index in [1.54, 1.807) is 30.5 Å². The van der Waals surface area contributed by atoms with Gasteiger partial charge in [-0.3, -0.25) is 4.79 Å². The number of rotatable bonds is 5. The Kier molecular flexibility index (Phi) is 5.63. The topological polar surface area (TPSA) is 54.0 Å². The van der Waals surface area contributed by atoms with Crippen LogP contribution in [0.4, 0.5) is 11.4 Å². The maximum absolute atomic E-state index is 12.2. The Balaban J connectivity index is 2.05. The SMILES string of the molecule is CC(C)CNc1ccc(C(=O)Nc2cccc(Cl)c2Cl)nc1. The molecule has 4 nitrogen and oxygen atoms in total. The van der Waals surface area contributed by atoms with Crippen LogP contribution in [-0.2, 0) is 0 Å². The van der Waals surface area contributed by atoms with Crippen molar-refractivity contribution in [2.75, 3.05) is 17.2 Å². The number of carbonyl (C=O) groups excluding carboxylic acids is 1. The standard InChI is InChI=1S/C16H17Cl2N3O/c1-10(2)8-19-11-6-7-14(20-9-11)16(22)21-13-5-3-4-12(17)15(13)18/h3-7,9-10,19H,8H2,1-2H3,(H,21,22). The molecular weight excluding hydrogens is 321 g/mol. The Morgan fingerprint density at radius 3 is 2.64 bits per heavy atom. The van der Waals surface area contributed by atoms with Crippen LogP contribution in [0.25, 0.3) is 0 Å². The monoisotopic (exact) mass is 337 g/mol. The van der Waals surface area contributed by atoms with Crippen molar-refractivity contribution in [3.8, 4) is 0 Å². The molecule has 1 aromatic heterocycles. The van der Waals surface area contributed by atoms with Gasteiger partial charge in [0.25, 0.3) is 5.91 Å². The van der Waals surface area contributed by atoms with Gasteiger partial charge in [0.2, 0.25) is 0 Å². The van der Waals surface area contributed by atoms with Crippen LogP contribution in [0.1, 0.15) is 24.3 Å². The van der Waals surface area contributed by atoms with E-state index in [0.717, 1.165) is 12.2 Å². The molecule has 2 rings (SSSR count). The number of carbonyl (C=O) groups is 1. The third-order valence-electron chi connectivity index (χ3n) is 2.91. The highest BCUT2D eigenvalue weighted by Gasteiger charge is 2.11. The Hall–Kier alpha value is -1.78. The zero-order chi connectivity index (χ0) is 16.1. The van der Waals surface area contributed by atoms with Crippen molar-refractivity contribution >= 4 is 40.5 Å². The summed E-state index contributed by atoms with van der Waals surface area (Å²) in [6.07, 6.45) is 1.64. The van der Waals surface area contributed by atoms with Crippen molar-refractivity contribution in [3.63, 3.8) is 0 Å². The minimum Gasteiger partial charge on any atom is -0.384 e. The van der Waals surface area contributed by atoms with E-state index in [-0.39, 0.29) is 5.91 Å². The molecule has 0 spiro atoms. The second-order valence-electron chi connectivity index (χ2n) is 5.26. The van der Waals surface area contributed by atoms with Gasteiger partial charge in [-0.05, 0) is 30.2 Å². The minimum atomic E-state index is -0.334. The lowest BCUT2D eigenvalue weighted by Crippen LogP contribution is -2.14. The molecule has 1 amide bonds. The lowest BCUT2D eigenvalue weighted by Gasteiger charge is -2.10. The number of hydrogen-bond acceptors (Lipinski definition) is 3. The van der Waals surface area contributed by atoms with E-state index in [9.17, 15) is 4.79 Å². The summed E-state index contributed by atoms with van der Waals surface area (Å²) in [5, 5.41) is 6.64. The number of nitrogens with one attached hydrogen (secondary N) is 2. The second kappa shape index (κ2) is 7.47. The zero-order valence-electron chi connectivity index (χ0n) is 12.4. The molecule has 6 heteroatoms. The number of aromatic nitrogens is 1. The summed E-state index contributed by atoms with van der Waals surface area (Å²) >= 11 is 12.0. The quantitative estimate of drug-likeness (QED) is 0.830. The van der Waals surface area contributed by atoms with Gasteiger partial charge in [0, 0.05) is 6.54 Å². The molecule has 0 aliphatic rings. The first-order valence-corrected chi connectivity index (χ1v) is 7.68. The number of pyridine rings is 1. The third kappa shape index (κ3) is 4.36. The molecular formula is C16H17Cl2N3O. The Labute approximate surface area is 139 Å². The molecule has 116 valence electrons. The van der Waals surface area contributed by atoms with Crippen molar-refractivity contribution in [1.82, 2.24) is 4.98 Å². The lowest BCUT2D eigenvalue weighted by atomic mass is 10.2. The van der Waals surface area contributed by atoms with Crippen LogP contribution in [0.15, 0.2) is 36.5 Å². The molecule has 2 N–H and O–H groups in total. The number of amides is 1. The van der Waals surface area contributed by atoms with E-state index in [2.05, 4.69) is 29.5 Å². The summed E-state index contributed by atoms with van der Waals surface area (Å²) in [7, 11) is 0. The van der Waals surface area contributed by atoms with Crippen LogP contribution in [0, 0.1) is 5.92 Å². The Morgan fingerprint density at radius 2 is 2.00 bits per heavy atom. The van der Waals surface area contributed by atoms with Gasteiger partial charge in [0.1, 0.15) is 5.69 Å². The van der Waals surface area contributed by atoms with E-state index in [0.29, 0.717) is 27.3 Å². The zero-order valence-corrected chi connectivity index (χ0v) is 13.9. The van der Waals surface area contributed by atoms with Gasteiger partial charge < -0.3 is 10.6 Å². The fourth-order valence-corrected chi connectivity index (χ4v) is 2.09. The number of benzene rings is 1. The van der Waals surface area contributed by atoms with Gasteiger partial charge in [-0.2, -0.15) is 0 Å². The lowest BCUT2D eigenvalue weighted by molar-refractivity contribution is 0.102. The van der Waals surface area contributed by atoms with E-state index >= 15 is 0 Å². The second-order valence-corrected chi connectivity index (χ2v) is 6.05. The van der Waals surface area contributed by atoms with Crippen LogP contribution in [-0.4, -0.2) is 17.4 Å². The molecule has 0 saturated heterocycles. The summed E-state index contributed by atoms with van der Waals surface area (Å²) in [4.78, 5) is 16.3. The van der Waals surface area contributed by atoms with Crippen LogP contribution in [0.2, 0.25) is 10.0 Å². The van der Waals surface area contributed by atoms with Crippen molar-refractivity contribution < 1.29 is 4.79 Å². The summed E-state index contributed by atoms with van der Waals surface area (Å²) in [6, 6.07) is 8.55. The molecule has 1 heterocycles. The summed E-state index contributed by atoms with van der Waals surface area (Å²) in [6.45, 7) is 5.10. The highest BCUT2D eigenvalue weighted by molar-refractivity contribution is 6.44. The molecule has 0 atom stereocenters. The van der Waals surface area contributed by atoms with Gasteiger partial charge in [0.05, 0.1) is 27.6 Å². The average Bonchev–Trinajstić information content (AvgIpc) is 2.50. The number of anilines is 2. The first-order valence-electron chi connectivity index (χ1n) is 6.92. The molecule has 0 aliphatic heterocycles. The highest BCUT2D eigenvalue weighted by Crippen LogP contribution is 2.29. The smallest absolute Gasteiger partial charge is 0.274 e. The van der Waals surface area contributed by atoms with Gasteiger partial charge >= 0.3 is 0 Å². The van der Waals surface area contributed by atoms with Crippen LogP contribution in [0.5, 0.6) is 0 Å². The fraction of sp³-hybridized carbons (Fsp3) is 0.250. The fourth-order valence-electron chi connectivity index (χ4n) is 1.74. The molecule has 2 aromatic rings. The molecule has 0 bridgehead atoms. The van der Waals surface area contributed by atoms with Gasteiger partial charge in [0.15, 0.2) is 0 Å². The summed E-state index contributed by atoms with van der Waals surface area (Å²) in [5.41, 5.74) is 1.65. The molecule has 0 saturated carbocycles. The van der Waals surface area contributed by atoms with Gasteiger partial charge in [-0.15, -0.1) is 0 Å².